The molecule has 0 spiro atoms. The molecule has 4 rings (SSSR count). The zero-order valence-corrected chi connectivity index (χ0v) is 11.9. The van der Waals surface area contributed by atoms with Crippen molar-refractivity contribution >= 4 is 5.52 Å². The molecule has 0 atom stereocenters. The van der Waals surface area contributed by atoms with E-state index in [1.54, 1.807) is 0 Å². The van der Waals surface area contributed by atoms with Crippen LogP contribution in [0, 0.1) is 5.82 Å². The van der Waals surface area contributed by atoms with Gasteiger partial charge in [-0.3, -0.25) is 0 Å². The van der Waals surface area contributed by atoms with E-state index >= 15 is 0 Å². The van der Waals surface area contributed by atoms with Crippen molar-refractivity contribution in [3.63, 3.8) is 0 Å². The van der Waals surface area contributed by atoms with Gasteiger partial charge in [0.05, 0.1) is 5.69 Å². The molecule has 0 saturated heterocycles. The van der Waals surface area contributed by atoms with E-state index in [9.17, 15) is 4.39 Å². The Kier molecular flexibility index (Phi) is 3.01. The fourth-order valence-electron chi connectivity index (χ4n) is 2.78. The Hall–Kier alpha value is -2.87. The summed E-state index contributed by atoms with van der Waals surface area (Å²) in [6.45, 7) is 0. The fourth-order valence-corrected chi connectivity index (χ4v) is 2.78. The standard InChI is InChI=1S/C20H14FN/c21-18-11-9-16(10-12-18)20-8-4-7-19-13-17(14-22(19)20)15-5-2-1-3-6-15/h1-14H. The Bertz CT molecular complexity index is 921. The van der Waals surface area contributed by atoms with Gasteiger partial charge in [-0.2, -0.15) is 0 Å². The zero-order valence-electron chi connectivity index (χ0n) is 11.9. The van der Waals surface area contributed by atoms with Crippen molar-refractivity contribution in [1.82, 2.24) is 4.40 Å². The highest BCUT2D eigenvalue weighted by Crippen LogP contribution is 2.27. The number of hydrogen-bond acceptors (Lipinski definition) is 0. The third-order valence-corrected chi connectivity index (χ3v) is 3.88. The summed E-state index contributed by atoms with van der Waals surface area (Å²) in [7, 11) is 0. The quantitative estimate of drug-likeness (QED) is 0.464. The van der Waals surface area contributed by atoms with Crippen molar-refractivity contribution in [2.24, 2.45) is 0 Å². The maximum absolute atomic E-state index is 13.1. The lowest BCUT2D eigenvalue weighted by molar-refractivity contribution is 0.628. The topological polar surface area (TPSA) is 4.41 Å². The number of pyridine rings is 1. The molecule has 4 aromatic rings. The molecule has 0 unspecified atom stereocenters. The summed E-state index contributed by atoms with van der Waals surface area (Å²) in [4.78, 5) is 0. The zero-order chi connectivity index (χ0) is 14.9. The van der Waals surface area contributed by atoms with Crippen LogP contribution in [0.1, 0.15) is 0 Å². The van der Waals surface area contributed by atoms with Crippen LogP contribution in [0.5, 0.6) is 0 Å². The molecular formula is C20H14FN. The molecule has 22 heavy (non-hydrogen) atoms. The fraction of sp³-hybridized carbons (Fsp3) is 0. The molecule has 2 aromatic heterocycles. The van der Waals surface area contributed by atoms with E-state index in [-0.39, 0.29) is 5.82 Å². The molecular weight excluding hydrogens is 273 g/mol. The molecule has 0 radical (unpaired) electrons. The van der Waals surface area contributed by atoms with Crippen LogP contribution in [0.4, 0.5) is 4.39 Å². The van der Waals surface area contributed by atoms with Crippen LogP contribution >= 0.6 is 0 Å². The summed E-state index contributed by atoms with van der Waals surface area (Å²) in [5.41, 5.74) is 5.55. The minimum atomic E-state index is -0.214. The number of benzene rings is 2. The van der Waals surface area contributed by atoms with Crippen LogP contribution in [-0.2, 0) is 0 Å². The average Bonchev–Trinajstić information content (AvgIpc) is 3.01. The third-order valence-electron chi connectivity index (χ3n) is 3.88. The Balaban J connectivity index is 1.90. The van der Waals surface area contributed by atoms with Gasteiger partial charge in [0.2, 0.25) is 0 Å². The van der Waals surface area contributed by atoms with Crippen molar-refractivity contribution in [2.75, 3.05) is 0 Å². The first-order chi connectivity index (χ1) is 10.8. The summed E-state index contributed by atoms with van der Waals surface area (Å²) in [6.07, 6.45) is 2.13. The van der Waals surface area contributed by atoms with Gasteiger partial charge < -0.3 is 4.40 Å². The molecule has 0 aliphatic heterocycles. The molecule has 2 heteroatoms. The van der Waals surface area contributed by atoms with Gasteiger partial charge in [-0.1, -0.05) is 36.4 Å². The largest absolute Gasteiger partial charge is 0.316 e. The van der Waals surface area contributed by atoms with Gasteiger partial charge in [-0.15, -0.1) is 0 Å². The lowest BCUT2D eigenvalue weighted by Gasteiger charge is -2.06. The molecule has 0 bridgehead atoms. The van der Waals surface area contributed by atoms with Gasteiger partial charge >= 0.3 is 0 Å². The predicted octanol–water partition coefficient (Wildman–Crippen LogP) is 5.41. The van der Waals surface area contributed by atoms with E-state index < -0.39 is 0 Å². The van der Waals surface area contributed by atoms with Crippen LogP contribution in [0.15, 0.2) is 85.1 Å². The third kappa shape index (κ3) is 2.19. The second-order valence-corrected chi connectivity index (χ2v) is 5.31. The van der Waals surface area contributed by atoms with Crippen LogP contribution in [0.2, 0.25) is 0 Å². The monoisotopic (exact) mass is 287 g/mol. The summed E-state index contributed by atoms with van der Waals surface area (Å²) in [5, 5.41) is 0. The maximum Gasteiger partial charge on any atom is 0.123 e. The van der Waals surface area contributed by atoms with E-state index in [1.807, 2.05) is 36.4 Å². The molecule has 2 aromatic carbocycles. The van der Waals surface area contributed by atoms with Crippen molar-refractivity contribution in [2.45, 2.75) is 0 Å². The SMILES string of the molecule is Fc1ccc(-c2cccc3cc(-c4ccccc4)cn23)cc1. The van der Waals surface area contributed by atoms with Crippen LogP contribution in [0.3, 0.4) is 0 Å². The molecule has 0 N–H and O–H groups in total. The van der Waals surface area contributed by atoms with Crippen molar-refractivity contribution < 1.29 is 4.39 Å². The van der Waals surface area contributed by atoms with Crippen LogP contribution in [0.25, 0.3) is 27.9 Å². The first kappa shape index (κ1) is 12.8. The van der Waals surface area contributed by atoms with Gasteiger partial charge in [0.25, 0.3) is 0 Å². The molecule has 106 valence electrons. The number of fused-ring (bicyclic) bond motifs is 1. The molecule has 0 aliphatic rings. The molecule has 0 amide bonds. The molecule has 2 heterocycles. The Morgan fingerprint density at radius 1 is 0.636 bits per heavy atom. The van der Waals surface area contributed by atoms with E-state index in [1.165, 1.54) is 23.3 Å². The van der Waals surface area contributed by atoms with Crippen molar-refractivity contribution in [3.05, 3.63) is 90.9 Å². The number of rotatable bonds is 2. The Labute approximate surface area is 128 Å². The number of aromatic nitrogens is 1. The minimum Gasteiger partial charge on any atom is -0.316 e. The summed E-state index contributed by atoms with van der Waals surface area (Å²) < 4.78 is 15.3. The van der Waals surface area contributed by atoms with Gasteiger partial charge in [-0.05, 0) is 53.6 Å². The first-order valence-corrected chi connectivity index (χ1v) is 7.24. The number of hydrogen-bond donors (Lipinski definition) is 0. The molecule has 0 fully saturated rings. The molecule has 0 aliphatic carbocycles. The Morgan fingerprint density at radius 3 is 2.18 bits per heavy atom. The van der Waals surface area contributed by atoms with E-state index in [2.05, 4.69) is 40.9 Å². The van der Waals surface area contributed by atoms with Gasteiger partial charge in [0, 0.05) is 17.3 Å². The lowest BCUT2D eigenvalue weighted by Crippen LogP contribution is -1.89. The van der Waals surface area contributed by atoms with Gasteiger partial charge in [-0.25, -0.2) is 4.39 Å². The highest BCUT2D eigenvalue weighted by molar-refractivity contribution is 5.74. The maximum atomic E-state index is 13.1. The van der Waals surface area contributed by atoms with E-state index in [4.69, 9.17) is 0 Å². The van der Waals surface area contributed by atoms with Crippen molar-refractivity contribution in [1.29, 1.82) is 0 Å². The van der Waals surface area contributed by atoms with E-state index in [0.29, 0.717) is 0 Å². The van der Waals surface area contributed by atoms with Crippen LogP contribution < -0.4 is 0 Å². The smallest absolute Gasteiger partial charge is 0.123 e. The summed E-state index contributed by atoms with van der Waals surface area (Å²) in [5.74, 6) is -0.214. The number of halogens is 1. The molecule has 0 saturated carbocycles. The van der Waals surface area contributed by atoms with Crippen molar-refractivity contribution in [3.8, 4) is 22.4 Å². The number of nitrogens with zero attached hydrogens (tertiary/aromatic N) is 1. The second-order valence-electron chi connectivity index (χ2n) is 5.31. The molecule has 1 nitrogen and oxygen atoms in total. The Morgan fingerprint density at radius 2 is 1.41 bits per heavy atom. The van der Waals surface area contributed by atoms with E-state index in [0.717, 1.165) is 16.8 Å². The average molecular weight is 287 g/mol. The van der Waals surface area contributed by atoms with Gasteiger partial charge in [0.1, 0.15) is 5.82 Å². The summed E-state index contributed by atoms with van der Waals surface area (Å²) in [6, 6.07) is 25.3. The lowest BCUT2D eigenvalue weighted by atomic mass is 10.1. The minimum absolute atomic E-state index is 0.214. The van der Waals surface area contributed by atoms with Gasteiger partial charge in [0.15, 0.2) is 0 Å². The second kappa shape index (κ2) is 5.15. The highest BCUT2D eigenvalue weighted by Gasteiger charge is 2.07. The first-order valence-electron chi connectivity index (χ1n) is 7.24. The highest BCUT2D eigenvalue weighted by atomic mass is 19.1. The predicted molar refractivity (Wildman–Crippen MR) is 88.2 cm³/mol. The normalized spacial score (nSPS) is 11.0. The van der Waals surface area contributed by atoms with Crippen LogP contribution in [-0.4, -0.2) is 4.40 Å². The summed E-state index contributed by atoms with van der Waals surface area (Å²) >= 11 is 0.